The van der Waals surface area contributed by atoms with E-state index in [2.05, 4.69) is 6.92 Å². The summed E-state index contributed by atoms with van der Waals surface area (Å²) in [6.07, 6.45) is 1.99. The molecule has 0 radical (unpaired) electrons. The fourth-order valence-corrected chi connectivity index (χ4v) is 4.00. The molecule has 2 aromatic carbocycles. The maximum Gasteiger partial charge on any atom is 0.290 e. The predicted octanol–water partition coefficient (Wildman–Crippen LogP) is 4.85. The first-order valence-corrected chi connectivity index (χ1v) is 10.7. The first kappa shape index (κ1) is 21.0. The normalized spacial score (nSPS) is 15.4. The predicted molar refractivity (Wildman–Crippen MR) is 119 cm³/mol. The Morgan fingerprint density at radius 2 is 1.84 bits per heavy atom. The number of carbonyl (C=O) groups excluding carboxylic acids is 1. The van der Waals surface area contributed by atoms with Crippen molar-refractivity contribution in [3.8, 4) is 11.5 Å². The van der Waals surface area contributed by atoms with E-state index in [1.807, 2.05) is 38.1 Å². The number of hydrogen-bond acceptors (Lipinski definition) is 5. The molecule has 1 aliphatic rings. The summed E-state index contributed by atoms with van der Waals surface area (Å²) in [4.78, 5) is 27.9. The summed E-state index contributed by atoms with van der Waals surface area (Å²) < 4.78 is 17.6. The third-order valence-electron chi connectivity index (χ3n) is 5.60. The molecule has 1 aliphatic heterocycles. The van der Waals surface area contributed by atoms with Gasteiger partial charge in [-0.15, -0.1) is 0 Å². The number of amides is 1. The zero-order valence-corrected chi connectivity index (χ0v) is 18.4. The lowest BCUT2D eigenvalue weighted by molar-refractivity contribution is 0.0771. The molecule has 0 fully saturated rings. The van der Waals surface area contributed by atoms with E-state index in [0.717, 1.165) is 24.0 Å². The van der Waals surface area contributed by atoms with Gasteiger partial charge in [-0.25, -0.2) is 0 Å². The zero-order valence-electron chi connectivity index (χ0n) is 18.4. The van der Waals surface area contributed by atoms with Crippen molar-refractivity contribution in [1.82, 2.24) is 4.90 Å². The van der Waals surface area contributed by atoms with Crippen LogP contribution in [-0.4, -0.2) is 31.1 Å². The fourth-order valence-electron chi connectivity index (χ4n) is 4.00. The summed E-state index contributed by atoms with van der Waals surface area (Å²) >= 11 is 0. The minimum atomic E-state index is -0.549. The summed E-state index contributed by atoms with van der Waals surface area (Å²) in [6.45, 7) is 7.03. The van der Waals surface area contributed by atoms with Gasteiger partial charge in [0.15, 0.2) is 16.9 Å². The van der Waals surface area contributed by atoms with Gasteiger partial charge in [0, 0.05) is 7.05 Å². The first-order valence-electron chi connectivity index (χ1n) is 10.7. The molecule has 31 heavy (non-hydrogen) atoms. The third kappa shape index (κ3) is 3.67. The summed E-state index contributed by atoms with van der Waals surface area (Å²) in [5.74, 6) is 1.06. The Morgan fingerprint density at radius 3 is 2.58 bits per heavy atom. The molecule has 6 heteroatoms. The van der Waals surface area contributed by atoms with Crippen LogP contribution in [0.3, 0.4) is 0 Å². The first-order chi connectivity index (χ1) is 15.0. The zero-order chi connectivity index (χ0) is 22.1. The number of fused-ring (bicyclic) bond motifs is 2. The van der Waals surface area contributed by atoms with Crippen LogP contribution < -0.4 is 14.9 Å². The highest BCUT2D eigenvalue weighted by Gasteiger charge is 2.41. The monoisotopic (exact) mass is 421 g/mol. The number of rotatable bonds is 7. The number of unbranched alkanes of at least 4 members (excludes halogenated alkanes) is 1. The Bertz CT molecular complexity index is 1200. The van der Waals surface area contributed by atoms with Gasteiger partial charge >= 0.3 is 0 Å². The summed E-state index contributed by atoms with van der Waals surface area (Å²) in [5, 5.41) is 0.483. The Balaban J connectivity index is 1.83. The smallest absolute Gasteiger partial charge is 0.290 e. The van der Waals surface area contributed by atoms with Crippen LogP contribution in [0.25, 0.3) is 11.0 Å². The molecule has 6 nitrogen and oxygen atoms in total. The summed E-state index contributed by atoms with van der Waals surface area (Å²) in [6, 6.07) is 10.4. The number of ether oxygens (including phenoxy) is 2. The van der Waals surface area contributed by atoms with E-state index in [9.17, 15) is 9.59 Å². The molecule has 4 rings (SSSR count). The second-order valence-electron chi connectivity index (χ2n) is 7.83. The average molecular weight is 421 g/mol. The number of nitrogens with zero attached hydrogens (tertiary/aromatic N) is 1. The van der Waals surface area contributed by atoms with Crippen LogP contribution in [0.15, 0.2) is 45.6 Å². The lowest BCUT2D eigenvalue weighted by atomic mass is 9.98. The van der Waals surface area contributed by atoms with Gasteiger partial charge in [-0.2, -0.15) is 0 Å². The molecule has 0 N–H and O–H groups in total. The van der Waals surface area contributed by atoms with E-state index in [1.54, 1.807) is 24.1 Å². The van der Waals surface area contributed by atoms with E-state index >= 15 is 0 Å². The van der Waals surface area contributed by atoms with Crippen molar-refractivity contribution in [1.29, 1.82) is 0 Å². The quantitative estimate of drug-likeness (QED) is 0.510. The third-order valence-corrected chi connectivity index (χ3v) is 5.60. The molecule has 2 heterocycles. The van der Waals surface area contributed by atoms with E-state index in [4.69, 9.17) is 13.9 Å². The summed E-state index contributed by atoms with van der Waals surface area (Å²) in [5.41, 5.74) is 2.35. The maximum atomic E-state index is 13.4. The maximum absolute atomic E-state index is 13.4. The molecule has 0 aliphatic carbocycles. The molecule has 0 saturated heterocycles. The molecule has 1 atom stereocenters. The largest absolute Gasteiger partial charge is 0.490 e. The number of carbonyl (C=O) groups is 1. The molecule has 1 aromatic heterocycles. The lowest BCUT2D eigenvalue weighted by Crippen LogP contribution is -2.25. The second kappa shape index (κ2) is 8.46. The molecule has 1 unspecified atom stereocenters. The summed E-state index contributed by atoms with van der Waals surface area (Å²) in [7, 11) is 1.68. The SMILES string of the molecule is CCCCOc1ccc(C2c3c(oc4ccc(C)cc4c3=O)C(=O)N2C)cc1OCC. The van der Waals surface area contributed by atoms with E-state index in [0.29, 0.717) is 41.2 Å². The minimum absolute atomic E-state index is 0.107. The topological polar surface area (TPSA) is 69.0 Å². The molecular formula is C25H27NO5. The molecular weight excluding hydrogens is 394 g/mol. The van der Waals surface area contributed by atoms with Crippen LogP contribution >= 0.6 is 0 Å². The molecule has 1 amide bonds. The van der Waals surface area contributed by atoms with Crippen LogP contribution in [0.1, 0.15) is 60.0 Å². The molecule has 162 valence electrons. The number of aryl methyl sites for hydroxylation is 1. The Labute approximate surface area is 181 Å². The van der Waals surface area contributed by atoms with E-state index < -0.39 is 6.04 Å². The van der Waals surface area contributed by atoms with Crippen molar-refractivity contribution < 1.29 is 18.7 Å². The molecule has 0 bridgehead atoms. The van der Waals surface area contributed by atoms with Gasteiger partial charge in [0.1, 0.15) is 5.58 Å². The van der Waals surface area contributed by atoms with Gasteiger partial charge in [-0.1, -0.05) is 31.0 Å². The standard InChI is InChI=1S/C25H27NO5/c1-5-7-12-30-19-11-9-16(14-20(19)29-6-2)22-21-23(27)17-13-15(3)8-10-18(17)31-24(21)25(28)26(22)4/h8-11,13-14,22H,5-7,12H2,1-4H3. The van der Waals surface area contributed by atoms with Crippen molar-refractivity contribution in [2.24, 2.45) is 0 Å². The van der Waals surface area contributed by atoms with Crippen LogP contribution in [0, 0.1) is 6.92 Å². The van der Waals surface area contributed by atoms with Crippen molar-refractivity contribution in [3.63, 3.8) is 0 Å². The van der Waals surface area contributed by atoms with E-state index in [1.165, 1.54) is 0 Å². The van der Waals surface area contributed by atoms with Crippen molar-refractivity contribution in [2.45, 2.75) is 39.7 Å². The lowest BCUT2D eigenvalue weighted by Gasteiger charge is -2.22. The molecule has 0 saturated carbocycles. The van der Waals surface area contributed by atoms with Crippen LogP contribution in [0.2, 0.25) is 0 Å². The van der Waals surface area contributed by atoms with Crippen molar-refractivity contribution in [3.05, 3.63) is 69.1 Å². The second-order valence-corrected chi connectivity index (χ2v) is 7.83. The van der Waals surface area contributed by atoms with Gasteiger partial charge < -0.3 is 18.8 Å². The van der Waals surface area contributed by atoms with Gasteiger partial charge in [0.05, 0.1) is 30.2 Å². The molecule has 0 spiro atoms. The Morgan fingerprint density at radius 1 is 1.03 bits per heavy atom. The Hall–Kier alpha value is -3.28. The van der Waals surface area contributed by atoms with Crippen molar-refractivity contribution >= 4 is 16.9 Å². The van der Waals surface area contributed by atoms with Crippen molar-refractivity contribution in [2.75, 3.05) is 20.3 Å². The van der Waals surface area contributed by atoms with Gasteiger partial charge in [-0.05, 0) is 50.1 Å². The molecule has 3 aromatic rings. The van der Waals surface area contributed by atoms with Gasteiger partial charge in [0.2, 0.25) is 5.76 Å². The van der Waals surface area contributed by atoms with E-state index in [-0.39, 0.29) is 17.1 Å². The minimum Gasteiger partial charge on any atom is -0.490 e. The average Bonchev–Trinajstić information content (AvgIpc) is 3.01. The van der Waals surface area contributed by atoms with Gasteiger partial charge in [-0.3, -0.25) is 9.59 Å². The number of hydrogen-bond donors (Lipinski definition) is 0. The Kier molecular flexibility index (Phi) is 5.72. The highest BCUT2D eigenvalue weighted by Crippen LogP contribution is 2.40. The van der Waals surface area contributed by atoms with Crippen LogP contribution in [0.5, 0.6) is 11.5 Å². The fraction of sp³-hybridized carbons (Fsp3) is 0.360. The van der Waals surface area contributed by atoms with Crippen LogP contribution in [0.4, 0.5) is 0 Å². The number of benzene rings is 2. The highest BCUT2D eigenvalue weighted by atomic mass is 16.5. The van der Waals surface area contributed by atoms with Gasteiger partial charge in [0.25, 0.3) is 5.91 Å². The highest BCUT2D eigenvalue weighted by molar-refractivity contribution is 5.98. The van der Waals surface area contributed by atoms with Crippen LogP contribution in [-0.2, 0) is 0 Å².